The van der Waals surface area contributed by atoms with Crippen molar-refractivity contribution in [1.29, 1.82) is 0 Å². The number of halogens is 1. The third-order valence-electron chi connectivity index (χ3n) is 4.96. The number of amides is 2. The molecule has 0 aliphatic carbocycles. The maximum atomic E-state index is 12.3. The number of aromatic nitrogens is 2. The lowest BCUT2D eigenvalue weighted by molar-refractivity contribution is 0.237. The number of carbonyl (C=O) groups is 1. The van der Waals surface area contributed by atoms with Gasteiger partial charge in [-0.25, -0.2) is 4.79 Å². The first-order valence-corrected chi connectivity index (χ1v) is 10.6. The molecule has 5 nitrogen and oxygen atoms in total. The van der Waals surface area contributed by atoms with Crippen molar-refractivity contribution in [3.63, 3.8) is 0 Å². The zero-order valence-electron chi connectivity index (χ0n) is 17.1. The van der Waals surface area contributed by atoms with Gasteiger partial charge in [0.25, 0.3) is 0 Å². The SMILES string of the molecule is Cc1nn(Cc2ccccc2)c(C)c1CNC(=O)NC(C)Cc1ccc(Br)cc1. The van der Waals surface area contributed by atoms with Crippen LogP contribution in [0.4, 0.5) is 4.79 Å². The number of nitrogens with zero attached hydrogens (tertiary/aromatic N) is 2. The quantitative estimate of drug-likeness (QED) is 0.541. The van der Waals surface area contributed by atoms with Crippen LogP contribution in [0.3, 0.4) is 0 Å². The van der Waals surface area contributed by atoms with Gasteiger partial charge in [0.05, 0.1) is 12.2 Å². The summed E-state index contributed by atoms with van der Waals surface area (Å²) in [6, 6.07) is 18.3. The molecule has 3 rings (SSSR count). The maximum absolute atomic E-state index is 12.3. The Kier molecular flexibility index (Phi) is 7.09. The van der Waals surface area contributed by atoms with Gasteiger partial charge in [0, 0.05) is 28.3 Å². The number of hydrogen-bond donors (Lipinski definition) is 2. The lowest BCUT2D eigenvalue weighted by Crippen LogP contribution is -2.41. The number of hydrogen-bond acceptors (Lipinski definition) is 2. The largest absolute Gasteiger partial charge is 0.335 e. The Morgan fingerprint density at radius 2 is 1.76 bits per heavy atom. The molecule has 152 valence electrons. The van der Waals surface area contributed by atoms with E-state index in [0.29, 0.717) is 6.54 Å². The first kappa shape index (κ1) is 21.1. The summed E-state index contributed by atoms with van der Waals surface area (Å²) in [5.74, 6) is 0. The van der Waals surface area contributed by atoms with Gasteiger partial charge in [-0.2, -0.15) is 5.10 Å². The fourth-order valence-electron chi connectivity index (χ4n) is 3.37. The molecular weight excluding hydrogens is 428 g/mol. The van der Waals surface area contributed by atoms with Crippen molar-refractivity contribution in [2.75, 3.05) is 0 Å². The maximum Gasteiger partial charge on any atom is 0.315 e. The Labute approximate surface area is 180 Å². The van der Waals surface area contributed by atoms with E-state index in [2.05, 4.69) is 55.9 Å². The van der Waals surface area contributed by atoms with E-state index < -0.39 is 0 Å². The van der Waals surface area contributed by atoms with E-state index in [1.165, 1.54) is 11.1 Å². The second kappa shape index (κ2) is 9.74. The minimum atomic E-state index is -0.163. The predicted octanol–water partition coefficient (Wildman–Crippen LogP) is 4.74. The van der Waals surface area contributed by atoms with Crippen LogP contribution in [0.25, 0.3) is 0 Å². The lowest BCUT2D eigenvalue weighted by atomic mass is 10.1. The highest BCUT2D eigenvalue weighted by atomic mass is 79.9. The number of carbonyl (C=O) groups excluding carboxylic acids is 1. The van der Waals surface area contributed by atoms with Gasteiger partial charge in [0.15, 0.2) is 0 Å². The molecule has 0 bridgehead atoms. The van der Waals surface area contributed by atoms with Crippen LogP contribution in [0.2, 0.25) is 0 Å². The normalized spacial score (nSPS) is 11.9. The lowest BCUT2D eigenvalue weighted by Gasteiger charge is -2.15. The van der Waals surface area contributed by atoms with E-state index in [1.54, 1.807) is 0 Å². The van der Waals surface area contributed by atoms with Gasteiger partial charge in [-0.3, -0.25) is 4.68 Å². The smallest absolute Gasteiger partial charge is 0.315 e. The Balaban J connectivity index is 1.53. The first-order valence-electron chi connectivity index (χ1n) is 9.78. The molecule has 0 radical (unpaired) electrons. The molecule has 1 unspecified atom stereocenters. The minimum absolute atomic E-state index is 0.0409. The Morgan fingerprint density at radius 3 is 2.45 bits per heavy atom. The molecule has 0 saturated carbocycles. The fourth-order valence-corrected chi connectivity index (χ4v) is 3.63. The van der Waals surface area contributed by atoms with Crippen molar-refractivity contribution in [2.24, 2.45) is 0 Å². The molecule has 0 spiro atoms. The average molecular weight is 455 g/mol. The molecule has 29 heavy (non-hydrogen) atoms. The Bertz CT molecular complexity index is 951. The molecule has 2 N–H and O–H groups in total. The molecule has 0 fully saturated rings. The van der Waals surface area contributed by atoms with Gasteiger partial charge in [-0.1, -0.05) is 58.4 Å². The predicted molar refractivity (Wildman–Crippen MR) is 120 cm³/mol. The summed E-state index contributed by atoms with van der Waals surface area (Å²) >= 11 is 3.44. The molecule has 6 heteroatoms. The number of urea groups is 1. The summed E-state index contributed by atoms with van der Waals surface area (Å²) < 4.78 is 3.05. The van der Waals surface area contributed by atoms with Crippen molar-refractivity contribution < 1.29 is 4.79 Å². The molecular formula is C23H27BrN4O. The van der Waals surface area contributed by atoms with Gasteiger partial charge in [-0.15, -0.1) is 0 Å². The van der Waals surface area contributed by atoms with Crippen molar-refractivity contribution in [1.82, 2.24) is 20.4 Å². The topological polar surface area (TPSA) is 59.0 Å². The standard InChI is InChI=1S/C23H27BrN4O/c1-16(13-19-9-11-21(24)12-10-19)26-23(29)25-14-22-17(2)27-28(18(22)3)15-20-7-5-4-6-8-20/h4-12,16H,13-15H2,1-3H3,(H2,25,26,29). The van der Waals surface area contributed by atoms with E-state index in [1.807, 2.05) is 55.8 Å². The van der Waals surface area contributed by atoms with Gasteiger partial charge in [0.2, 0.25) is 0 Å². The van der Waals surface area contributed by atoms with Crippen LogP contribution in [0.5, 0.6) is 0 Å². The van der Waals surface area contributed by atoms with E-state index in [9.17, 15) is 4.79 Å². The van der Waals surface area contributed by atoms with Crippen LogP contribution in [-0.4, -0.2) is 21.9 Å². The zero-order valence-corrected chi connectivity index (χ0v) is 18.7. The summed E-state index contributed by atoms with van der Waals surface area (Å²) in [7, 11) is 0. The second-order valence-electron chi connectivity index (χ2n) is 7.35. The van der Waals surface area contributed by atoms with Gasteiger partial charge >= 0.3 is 6.03 Å². The minimum Gasteiger partial charge on any atom is -0.335 e. The monoisotopic (exact) mass is 454 g/mol. The van der Waals surface area contributed by atoms with Crippen molar-refractivity contribution >= 4 is 22.0 Å². The van der Waals surface area contributed by atoms with Crippen LogP contribution in [0.15, 0.2) is 59.1 Å². The van der Waals surface area contributed by atoms with Crippen molar-refractivity contribution in [2.45, 2.75) is 46.3 Å². The number of rotatable bonds is 7. The van der Waals surface area contributed by atoms with Gasteiger partial charge < -0.3 is 10.6 Å². The Morgan fingerprint density at radius 1 is 1.07 bits per heavy atom. The van der Waals surface area contributed by atoms with Crippen LogP contribution in [-0.2, 0) is 19.5 Å². The average Bonchev–Trinajstić information content (AvgIpc) is 2.95. The van der Waals surface area contributed by atoms with Crippen LogP contribution in [0.1, 0.15) is 35.0 Å². The highest BCUT2D eigenvalue weighted by Crippen LogP contribution is 2.15. The highest BCUT2D eigenvalue weighted by Gasteiger charge is 2.14. The van der Waals surface area contributed by atoms with E-state index >= 15 is 0 Å². The van der Waals surface area contributed by atoms with Crippen LogP contribution >= 0.6 is 15.9 Å². The number of benzene rings is 2. The van der Waals surface area contributed by atoms with Crippen molar-refractivity contribution in [3.8, 4) is 0 Å². The first-order chi connectivity index (χ1) is 13.9. The Hall–Kier alpha value is -2.60. The van der Waals surface area contributed by atoms with Gasteiger partial charge in [-0.05, 0) is 50.5 Å². The number of nitrogens with one attached hydrogen (secondary N) is 2. The second-order valence-corrected chi connectivity index (χ2v) is 8.27. The third kappa shape index (κ3) is 5.94. The summed E-state index contributed by atoms with van der Waals surface area (Å²) in [5.41, 5.74) is 5.49. The van der Waals surface area contributed by atoms with Crippen molar-refractivity contribution in [3.05, 3.63) is 87.1 Å². The molecule has 2 amide bonds. The van der Waals surface area contributed by atoms with E-state index in [-0.39, 0.29) is 12.1 Å². The molecule has 1 heterocycles. The van der Waals surface area contributed by atoms with E-state index in [0.717, 1.165) is 34.4 Å². The third-order valence-corrected chi connectivity index (χ3v) is 5.49. The fraction of sp³-hybridized carbons (Fsp3) is 0.304. The zero-order chi connectivity index (χ0) is 20.8. The summed E-state index contributed by atoms with van der Waals surface area (Å²) in [4.78, 5) is 12.3. The summed E-state index contributed by atoms with van der Waals surface area (Å²) in [6.45, 7) is 7.23. The summed E-state index contributed by atoms with van der Waals surface area (Å²) in [6.07, 6.45) is 0.785. The molecule has 0 saturated heterocycles. The molecule has 1 aromatic heterocycles. The van der Waals surface area contributed by atoms with E-state index in [4.69, 9.17) is 0 Å². The molecule has 1 atom stereocenters. The highest BCUT2D eigenvalue weighted by molar-refractivity contribution is 9.10. The van der Waals surface area contributed by atoms with Gasteiger partial charge in [0.1, 0.15) is 0 Å². The van der Waals surface area contributed by atoms with Crippen LogP contribution < -0.4 is 10.6 Å². The molecule has 2 aromatic carbocycles. The van der Waals surface area contributed by atoms with Crippen LogP contribution in [0, 0.1) is 13.8 Å². The number of aryl methyl sites for hydroxylation is 1. The molecule has 0 aliphatic rings. The molecule has 0 aliphatic heterocycles. The molecule has 3 aromatic rings. The summed E-state index contributed by atoms with van der Waals surface area (Å²) in [5, 5.41) is 10.6.